The first-order valence-electron chi connectivity index (χ1n) is 6.91. The Balaban J connectivity index is 3.99. The number of carbonyl (C=O) groups excluding carboxylic acids is 1. The van der Waals surface area contributed by atoms with Crippen molar-refractivity contribution in [3.63, 3.8) is 0 Å². The van der Waals surface area contributed by atoms with Gasteiger partial charge in [0.25, 0.3) is 0 Å². The number of rotatable bonds is 9. The number of carbonyl (C=O) groups is 1. The lowest BCUT2D eigenvalue weighted by Crippen LogP contribution is -2.47. The Morgan fingerprint density at radius 3 is 2.29 bits per heavy atom. The first kappa shape index (κ1) is 16.6. The fourth-order valence-corrected chi connectivity index (χ4v) is 1.86. The van der Waals surface area contributed by atoms with Crippen LogP contribution < -0.4 is 10.6 Å². The van der Waals surface area contributed by atoms with Crippen molar-refractivity contribution in [1.29, 1.82) is 0 Å². The number of hydrogen-bond donors (Lipinski definition) is 2. The van der Waals surface area contributed by atoms with Crippen LogP contribution in [0.2, 0.25) is 0 Å². The summed E-state index contributed by atoms with van der Waals surface area (Å²) < 4.78 is 0. The molecule has 17 heavy (non-hydrogen) atoms. The molecule has 1 unspecified atom stereocenters. The maximum Gasteiger partial charge on any atom is 0.149 e. The summed E-state index contributed by atoms with van der Waals surface area (Å²) in [6.45, 7) is 12.5. The van der Waals surface area contributed by atoms with Crippen molar-refractivity contribution in [2.45, 2.75) is 71.9 Å². The zero-order valence-electron chi connectivity index (χ0n) is 12.2. The summed E-state index contributed by atoms with van der Waals surface area (Å²) in [6.07, 6.45) is 3.83. The lowest BCUT2D eigenvalue weighted by molar-refractivity contribution is -0.121. The third-order valence-corrected chi connectivity index (χ3v) is 2.69. The Morgan fingerprint density at radius 2 is 1.82 bits per heavy atom. The van der Waals surface area contributed by atoms with Crippen LogP contribution in [0.3, 0.4) is 0 Å². The summed E-state index contributed by atoms with van der Waals surface area (Å²) in [5.74, 6) is 0.336. The van der Waals surface area contributed by atoms with E-state index < -0.39 is 0 Å². The Kier molecular flexibility index (Phi) is 8.44. The van der Waals surface area contributed by atoms with E-state index in [1.165, 1.54) is 0 Å². The number of Topliss-reactive ketones (excluding diaryl/α,β-unsaturated/α-hetero) is 1. The van der Waals surface area contributed by atoms with Crippen molar-refractivity contribution in [1.82, 2.24) is 10.6 Å². The van der Waals surface area contributed by atoms with Crippen LogP contribution in [0.4, 0.5) is 0 Å². The zero-order chi connectivity index (χ0) is 13.3. The van der Waals surface area contributed by atoms with Gasteiger partial charge in [-0.25, -0.2) is 0 Å². The molecule has 0 aliphatic rings. The average Bonchev–Trinajstić information content (AvgIpc) is 2.24. The molecule has 0 spiro atoms. The third kappa shape index (κ3) is 9.31. The highest BCUT2D eigenvalue weighted by atomic mass is 16.1. The van der Waals surface area contributed by atoms with Gasteiger partial charge in [0.1, 0.15) is 5.78 Å². The molecule has 3 heteroatoms. The average molecular weight is 242 g/mol. The fourth-order valence-electron chi connectivity index (χ4n) is 1.86. The molecule has 0 aromatic rings. The summed E-state index contributed by atoms with van der Waals surface area (Å²) in [5, 5.41) is 6.74. The first-order valence-corrected chi connectivity index (χ1v) is 6.91. The largest absolute Gasteiger partial charge is 0.317 e. The van der Waals surface area contributed by atoms with Gasteiger partial charge in [-0.2, -0.15) is 0 Å². The summed E-state index contributed by atoms with van der Waals surface area (Å²) in [6, 6.07) is 0.0293. The lowest BCUT2D eigenvalue weighted by Gasteiger charge is -2.27. The molecule has 0 heterocycles. The molecule has 3 nitrogen and oxygen atoms in total. The van der Waals surface area contributed by atoms with Gasteiger partial charge in [-0.1, -0.05) is 20.3 Å². The van der Waals surface area contributed by atoms with Crippen LogP contribution >= 0.6 is 0 Å². The van der Waals surface area contributed by atoms with Crippen molar-refractivity contribution in [3.05, 3.63) is 0 Å². The van der Waals surface area contributed by atoms with E-state index in [0.29, 0.717) is 12.2 Å². The maximum absolute atomic E-state index is 11.8. The molecular weight excluding hydrogens is 212 g/mol. The highest BCUT2D eigenvalue weighted by Gasteiger charge is 2.21. The maximum atomic E-state index is 11.8. The first-order chi connectivity index (χ1) is 7.90. The van der Waals surface area contributed by atoms with E-state index in [-0.39, 0.29) is 11.6 Å². The molecule has 0 aliphatic carbocycles. The zero-order valence-corrected chi connectivity index (χ0v) is 12.2. The van der Waals surface area contributed by atoms with E-state index in [1.54, 1.807) is 0 Å². The molecule has 0 saturated heterocycles. The van der Waals surface area contributed by atoms with Gasteiger partial charge in [0, 0.05) is 12.0 Å². The van der Waals surface area contributed by atoms with Gasteiger partial charge < -0.3 is 10.6 Å². The molecule has 1 atom stereocenters. The van der Waals surface area contributed by atoms with Crippen molar-refractivity contribution < 1.29 is 4.79 Å². The highest BCUT2D eigenvalue weighted by Crippen LogP contribution is 2.09. The number of hydrogen-bond acceptors (Lipinski definition) is 3. The normalized spacial score (nSPS) is 13.7. The van der Waals surface area contributed by atoms with Gasteiger partial charge in [0.15, 0.2) is 0 Å². The summed E-state index contributed by atoms with van der Waals surface area (Å²) >= 11 is 0. The summed E-state index contributed by atoms with van der Waals surface area (Å²) in [4.78, 5) is 11.8. The topological polar surface area (TPSA) is 41.1 Å². The Labute approximate surface area is 107 Å². The Bertz CT molecular complexity index is 209. The van der Waals surface area contributed by atoms with Gasteiger partial charge >= 0.3 is 0 Å². The van der Waals surface area contributed by atoms with Crippen LogP contribution in [0.25, 0.3) is 0 Å². The minimum Gasteiger partial charge on any atom is -0.317 e. The van der Waals surface area contributed by atoms with Crippen molar-refractivity contribution in [2.75, 3.05) is 13.1 Å². The number of nitrogens with one attached hydrogen (secondary N) is 2. The van der Waals surface area contributed by atoms with Crippen molar-refractivity contribution in [3.8, 4) is 0 Å². The van der Waals surface area contributed by atoms with Crippen LogP contribution in [0.5, 0.6) is 0 Å². The van der Waals surface area contributed by atoms with Crippen LogP contribution in [-0.4, -0.2) is 30.5 Å². The highest BCUT2D eigenvalue weighted by molar-refractivity contribution is 5.83. The summed E-state index contributed by atoms with van der Waals surface area (Å²) in [7, 11) is 0. The van der Waals surface area contributed by atoms with Gasteiger partial charge in [-0.3, -0.25) is 4.79 Å². The fraction of sp³-hybridized carbons (Fsp3) is 0.929. The second kappa shape index (κ2) is 8.65. The summed E-state index contributed by atoms with van der Waals surface area (Å²) in [5.41, 5.74) is 0.0111. The van der Waals surface area contributed by atoms with Crippen LogP contribution in [-0.2, 0) is 4.79 Å². The smallest absolute Gasteiger partial charge is 0.149 e. The SMILES string of the molecule is CCNCCCCC(NC(C)(C)C)C(=O)CC. The molecule has 0 aromatic heterocycles. The number of ketones is 1. The van der Waals surface area contributed by atoms with Crippen LogP contribution in [0.1, 0.15) is 60.3 Å². The minimum absolute atomic E-state index is 0.0111. The quantitative estimate of drug-likeness (QED) is 0.610. The molecule has 0 aliphatic heterocycles. The predicted molar refractivity (Wildman–Crippen MR) is 74.4 cm³/mol. The second-order valence-electron chi connectivity index (χ2n) is 5.62. The van der Waals surface area contributed by atoms with Crippen LogP contribution in [0, 0.1) is 0 Å². The molecule has 0 rings (SSSR count). The van der Waals surface area contributed by atoms with Gasteiger partial charge in [0.05, 0.1) is 6.04 Å². The molecule has 0 fully saturated rings. The van der Waals surface area contributed by atoms with Crippen molar-refractivity contribution in [2.24, 2.45) is 0 Å². The van der Waals surface area contributed by atoms with E-state index in [9.17, 15) is 4.79 Å². The van der Waals surface area contributed by atoms with E-state index in [1.807, 2.05) is 6.92 Å². The van der Waals surface area contributed by atoms with Gasteiger partial charge in [-0.05, 0) is 46.7 Å². The standard InChI is InChI=1S/C14H30N2O/c1-6-13(17)12(16-14(3,4)5)10-8-9-11-15-7-2/h12,15-16H,6-11H2,1-5H3. The monoisotopic (exact) mass is 242 g/mol. The Morgan fingerprint density at radius 1 is 1.18 bits per heavy atom. The molecule has 0 bridgehead atoms. The molecule has 0 amide bonds. The van der Waals surface area contributed by atoms with Crippen molar-refractivity contribution >= 4 is 5.78 Å². The molecule has 0 radical (unpaired) electrons. The second-order valence-corrected chi connectivity index (χ2v) is 5.62. The van der Waals surface area contributed by atoms with Gasteiger partial charge in [0.2, 0.25) is 0 Å². The lowest BCUT2D eigenvalue weighted by atomic mass is 9.99. The molecule has 102 valence electrons. The molecular formula is C14H30N2O. The van der Waals surface area contributed by atoms with E-state index >= 15 is 0 Å². The Hall–Kier alpha value is -0.410. The van der Waals surface area contributed by atoms with Gasteiger partial charge in [-0.15, -0.1) is 0 Å². The molecule has 2 N–H and O–H groups in total. The predicted octanol–water partition coefficient (Wildman–Crippen LogP) is 2.50. The van der Waals surface area contributed by atoms with E-state index in [2.05, 4.69) is 38.3 Å². The molecule has 0 aromatic carbocycles. The molecule has 0 saturated carbocycles. The van der Waals surface area contributed by atoms with E-state index in [4.69, 9.17) is 0 Å². The van der Waals surface area contributed by atoms with E-state index in [0.717, 1.165) is 32.4 Å². The minimum atomic E-state index is 0.0111. The third-order valence-electron chi connectivity index (χ3n) is 2.69. The van der Waals surface area contributed by atoms with Crippen LogP contribution in [0.15, 0.2) is 0 Å². The number of unbranched alkanes of at least 4 members (excludes halogenated alkanes) is 1.